The van der Waals surface area contributed by atoms with Crippen molar-refractivity contribution < 1.29 is 0 Å². The third kappa shape index (κ3) is 3.99. The Morgan fingerprint density at radius 3 is 2.44 bits per heavy atom. The Bertz CT molecular complexity index is 225. The fourth-order valence-electron chi connectivity index (χ4n) is 2.77. The molecule has 16 heavy (non-hydrogen) atoms. The van der Waals surface area contributed by atoms with Crippen molar-refractivity contribution in [1.82, 2.24) is 0 Å². The average Bonchev–Trinajstić information content (AvgIpc) is 2.33. The SMILES string of the molecule is CCCCCC1CCC(/C(C=N)=C/N)CC1. The molecule has 0 aromatic rings. The lowest BCUT2D eigenvalue weighted by atomic mass is 9.77. The van der Waals surface area contributed by atoms with Crippen LogP contribution in [0.1, 0.15) is 58.3 Å². The first-order valence-electron chi connectivity index (χ1n) is 6.74. The topological polar surface area (TPSA) is 49.9 Å². The zero-order valence-corrected chi connectivity index (χ0v) is 10.5. The van der Waals surface area contributed by atoms with Crippen LogP contribution in [0.5, 0.6) is 0 Å². The van der Waals surface area contributed by atoms with E-state index < -0.39 is 0 Å². The van der Waals surface area contributed by atoms with Crippen molar-refractivity contribution >= 4 is 6.21 Å². The molecule has 0 saturated heterocycles. The molecule has 1 saturated carbocycles. The summed E-state index contributed by atoms with van der Waals surface area (Å²) in [5.74, 6) is 1.50. The van der Waals surface area contributed by atoms with Crippen LogP contribution in [0.15, 0.2) is 11.8 Å². The van der Waals surface area contributed by atoms with Gasteiger partial charge in [0.2, 0.25) is 0 Å². The Labute approximate surface area is 99.8 Å². The second-order valence-electron chi connectivity index (χ2n) is 5.02. The van der Waals surface area contributed by atoms with Crippen molar-refractivity contribution in [2.75, 3.05) is 0 Å². The maximum absolute atomic E-state index is 7.31. The van der Waals surface area contributed by atoms with Gasteiger partial charge in [0, 0.05) is 6.21 Å². The summed E-state index contributed by atoms with van der Waals surface area (Å²) in [6.07, 6.45) is 13.7. The molecule has 0 aromatic carbocycles. The van der Waals surface area contributed by atoms with E-state index in [9.17, 15) is 0 Å². The smallest absolute Gasteiger partial charge is 0.0227 e. The fraction of sp³-hybridized carbons (Fsp3) is 0.786. The van der Waals surface area contributed by atoms with Gasteiger partial charge in [0.15, 0.2) is 0 Å². The second-order valence-corrected chi connectivity index (χ2v) is 5.02. The van der Waals surface area contributed by atoms with Crippen molar-refractivity contribution in [2.24, 2.45) is 17.6 Å². The molecular weight excluding hydrogens is 196 g/mol. The molecule has 3 N–H and O–H groups in total. The summed E-state index contributed by atoms with van der Waals surface area (Å²) < 4.78 is 0. The Kier molecular flexibility index (Phi) is 6.20. The molecule has 1 aliphatic rings. The van der Waals surface area contributed by atoms with E-state index in [1.807, 2.05) is 0 Å². The van der Waals surface area contributed by atoms with Crippen LogP contribution in [0.3, 0.4) is 0 Å². The van der Waals surface area contributed by atoms with Crippen LogP contribution in [0, 0.1) is 17.2 Å². The van der Waals surface area contributed by atoms with Crippen LogP contribution < -0.4 is 5.73 Å². The lowest BCUT2D eigenvalue weighted by molar-refractivity contribution is 0.285. The van der Waals surface area contributed by atoms with E-state index in [4.69, 9.17) is 11.1 Å². The number of hydrogen-bond acceptors (Lipinski definition) is 2. The number of rotatable bonds is 6. The number of nitrogens with two attached hydrogens (primary N) is 1. The van der Waals surface area contributed by atoms with Gasteiger partial charge in [0.05, 0.1) is 0 Å². The summed E-state index contributed by atoms with van der Waals surface area (Å²) in [7, 11) is 0. The molecule has 92 valence electrons. The van der Waals surface area contributed by atoms with E-state index in [-0.39, 0.29) is 0 Å². The van der Waals surface area contributed by atoms with E-state index in [1.54, 1.807) is 6.20 Å². The third-order valence-electron chi connectivity index (χ3n) is 3.89. The number of nitrogens with one attached hydrogen (secondary N) is 1. The highest BCUT2D eigenvalue weighted by molar-refractivity contribution is 5.76. The lowest BCUT2D eigenvalue weighted by Crippen LogP contribution is -2.17. The Morgan fingerprint density at radius 1 is 1.25 bits per heavy atom. The van der Waals surface area contributed by atoms with Crippen molar-refractivity contribution in [1.29, 1.82) is 5.41 Å². The zero-order valence-electron chi connectivity index (χ0n) is 10.5. The molecule has 1 fully saturated rings. The molecule has 0 aromatic heterocycles. The molecule has 2 nitrogen and oxygen atoms in total. The van der Waals surface area contributed by atoms with Crippen molar-refractivity contribution in [3.8, 4) is 0 Å². The van der Waals surface area contributed by atoms with E-state index in [0.717, 1.165) is 11.5 Å². The molecule has 0 atom stereocenters. The summed E-state index contributed by atoms with van der Waals surface area (Å²) in [6.45, 7) is 2.26. The first-order chi connectivity index (χ1) is 7.81. The van der Waals surface area contributed by atoms with Gasteiger partial charge in [-0.3, -0.25) is 0 Å². The highest BCUT2D eigenvalue weighted by atomic mass is 14.5. The van der Waals surface area contributed by atoms with Gasteiger partial charge < -0.3 is 11.1 Å². The number of unbranched alkanes of at least 4 members (excludes halogenated alkanes) is 2. The molecule has 0 radical (unpaired) electrons. The molecule has 0 heterocycles. The Balaban J connectivity index is 2.25. The van der Waals surface area contributed by atoms with Crippen LogP contribution in [0.25, 0.3) is 0 Å². The molecule has 1 rings (SSSR count). The predicted molar refractivity (Wildman–Crippen MR) is 70.6 cm³/mol. The van der Waals surface area contributed by atoms with E-state index in [2.05, 4.69) is 6.92 Å². The number of hydrogen-bond donors (Lipinski definition) is 2. The van der Waals surface area contributed by atoms with Crippen molar-refractivity contribution in [2.45, 2.75) is 58.3 Å². The van der Waals surface area contributed by atoms with Crippen LogP contribution in [0.2, 0.25) is 0 Å². The van der Waals surface area contributed by atoms with Crippen LogP contribution in [0.4, 0.5) is 0 Å². The van der Waals surface area contributed by atoms with E-state index in [1.165, 1.54) is 57.6 Å². The van der Waals surface area contributed by atoms with Gasteiger partial charge in [0.1, 0.15) is 0 Å². The first kappa shape index (κ1) is 13.3. The van der Waals surface area contributed by atoms with E-state index in [0.29, 0.717) is 5.92 Å². The highest BCUT2D eigenvalue weighted by Gasteiger charge is 2.22. The first-order valence-corrected chi connectivity index (χ1v) is 6.74. The quantitative estimate of drug-likeness (QED) is 0.520. The second kappa shape index (κ2) is 7.48. The summed E-state index contributed by atoms with van der Waals surface area (Å²) in [4.78, 5) is 0. The van der Waals surface area contributed by atoms with Crippen LogP contribution in [-0.2, 0) is 0 Å². The summed E-state index contributed by atoms with van der Waals surface area (Å²) >= 11 is 0. The summed E-state index contributed by atoms with van der Waals surface area (Å²) in [5.41, 5.74) is 6.57. The fourth-order valence-corrected chi connectivity index (χ4v) is 2.77. The molecule has 0 amide bonds. The Morgan fingerprint density at radius 2 is 1.94 bits per heavy atom. The van der Waals surface area contributed by atoms with Crippen molar-refractivity contribution in [3.63, 3.8) is 0 Å². The average molecular weight is 222 g/mol. The minimum Gasteiger partial charge on any atom is -0.404 e. The molecule has 0 aliphatic heterocycles. The molecular formula is C14H26N2. The van der Waals surface area contributed by atoms with E-state index >= 15 is 0 Å². The molecule has 0 unspecified atom stereocenters. The molecule has 0 spiro atoms. The standard InChI is InChI=1S/C14H26N2/c1-2-3-4-5-12-6-8-13(9-7-12)14(10-15)11-16/h10-13,15H,2-9,16H2,1H3/b14-11+,15-10?. The largest absolute Gasteiger partial charge is 0.404 e. The maximum atomic E-state index is 7.31. The van der Waals surface area contributed by atoms with Gasteiger partial charge in [-0.25, -0.2) is 0 Å². The minimum absolute atomic E-state index is 0.560. The minimum atomic E-state index is 0.560. The maximum Gasteiger partial charge on any atom is 0.0227 e. The van der Waals surface area contributed by atoms with Crippen molar-refractivity contribution in [3.05, 3.63) is 11.8 Å². The van der Waals surface area contributed by atoms with Gasteiger partial charge in [0.25, 0.3) is 0 Å². The van der Waals surface area contributed by atoms with Crippen LogP contribution >= 0.6 is 0 Å². The lowest BCUT2D eigenvalue weighted by Gasteiger charge is -2.28. The molecule has 1 aliphatic carbocycles. The summed E-state index contributed by atoms with van der Waals surface area (Å²) in [5, 5.41) is 7.31. The number of allylic oxidation sites excluding steroid dienone is 1. The third-order valence-corrected chi connectivity index (χ3v) is 3.89. The van der Waals surface area contributed by atoms with Gasteiger partial charge >= 0.3 is 0 Å². The van der Waals surface area contributed by atoms with Gasteiger partial charge in [-0.15, -0.1) is 0 Å². The highest BCUT2D eigenvalue weighted by Crippen LogP contribution is 2.34. The Hall–Kier alpha value is -0.790. The summed E-state index contributed by atoms with van der Waals surface area (Å²) in [6, 6.07) is 0. The molecule has 0 bridgehead atoms. The predicted octanol–water partition coefficient (Wildman–Crippen LogP) is 3.87. The zero-order chi connectivity index (χ0) is 11.8. The normalized spacial score (nSPS) is 26.7. The van der Waals surface area contributed by atoms with Gasteiger partial charge in [-0.1, -0.05) is 32.6 Å². The van der Waals surface area contributed by atoms with Gasteiger partial charge in [-0.2, -0.15) is 0 Å². The monoisotopic (exact) mass is 222 g/mol. The van der Waals surface area contributed by atoms with Gasteiger partial charge in [-0.05, 0) is 49.3 Å². The molecule has 2 heteroatoms. The van der Waals surface area contributed by atoms with Crippen LogP contribution in [-0.4, -0.2) is 6.21 Å².